The normalized spacial score (nSPS) is 24.0. The van der Waals surface area contributed by atoms with Gasteiger partial charge in [-0.05, 0) is 30.4 Å². The summed E-state index contributed by atoms with van der Waals surface area (Å²) in [6.07, 6.45) is 4.37. The molecule has 104 valence electrons. The topological polar surface area (TPSA) is 59.2 Å². The molecule has 1 aliphatic rings. The Bertz CT molecular complexity index is 444. The molecule has 0 radical (unpaired) electrons. The van der Waals surface area contributed by atoms with Crippen LogP contribution in [0, 0.1) is 5.41 Å². The monoisotopic (exact) mass is 261 g/mol. The Morgan fingerprint density at radius 1 is 1.58 bits per heavy atom. The van der Waals surface area contributed by atoms with E-state index in [0.29, 0.717) is 0 Å². The summed E-state index contributed by atoms with van der Waals surface area (Å²) in [4.78, 5) is 18.6. The fourth-order valence-electron chi connectivity index (χ4n) is 2.61. The van der Waals surface area contributed by atoms with Crippen LogP contribution < -0.4 is 5.73 Å². The summed E-state index contributed by atoms with van der Waals surface area (Å²) in [5.74, 6) is 0.0341. The Balaban J connectivity index is 2.08. The van der Waals surface area contributed by atoms with E-state index in [0.717, 1.165) is 25.1 Å². The smallest absolute Gasteiger partial charge is 0.229 e. The Labute approximate surface area is 115 Å². The van der Waals surface area contributed by atoms with Crippen molar-refractivity contribution in [1.29, 1.82) is 0 Å². The Kier molecular flexibility index (Phi) is 3.90. The molecule has 0 saturated carbocycles. The van der Waals surface area contributed by atoms with E-state index in [9.17, 15) is 4.79 Å². The van der Waals surface area contributed by atoms with Crippen molar-refractivity contribution in [2.24, 2.45) is 11.1 Å². The van der Waals surface area contributed by atoms with Gasteiger partial charge in [0.15, 0.2) is 0 Å². The van der Waals surface area contributed by atoms with Gasteiger partial charge in [0, 0.05) is 31.5 Å². The number of nitrogens with zero attached hydrogens (tertiary/aromatic N) is 2. The Morgan fingerprint density at radius 3 is 2.89 bits per heavy atom. The van der Waals surface area contributed by atoms with Crippen LogP contribution >= 0.6 is 0 Å². The number of carbonyl (C=O) groups excluding carboxylic acids is 1. The van der Waals surface area contributed by atoms with Gasteiger partial charge in [0.2, 0.25) is 5.91 Å². The summed E-state index contributed by atoms with van der Waals surface area (Å²) in [5, 5.41) is 0. The van der Waals surface area contributed by atoms with Gasteiger partial charge in [-0.3, -0.25) is 9.78 Å². The summed E-state index contributed by atoms with van der Waals surface area (Å²) in [6, 6.07) is 4.00. The summed E-state index contributed by atoms with van der Waals surface area (Å²) in [6.45, 7) is 7.70. The molecule has 1 aromatic rings. The predicted octanol–water partition coefficient (Wildman–Crippen LogP) is 1.77. The molecule has 0 bridgehead atoms. The number of pyridine rings is 1. The lowest BCUT2D eigenvalue weighted by Gasteiger charge is -2.43. The van der Waals surface area contributed by atoms with Crippen molar-refractivity contribution < 1.29 is 4.79 Å². The van der Waals surface area contributed by atoms with Crippen LogP contribution in [-0.4, -0.2) is 34.9 Å². The Hall–Kier alpha value is -1.42. The summed E-state index contributed by atoms with van der Waals surface area (Å²) >= 11 is 0. The van der Waals surface area contributed by atoms with E-state index in [1.165, 1.54) is 0 Å². The van der Waals surface area contributed by atoms with Gasteiger partial charge in [-0.25, -0.2) is 0 Å². The minimum absolute atomic E-state index is 0.0113. The van der Waals surface area contributed by atoms with Crippen molar-refractivity contribution in [3.05, 3.63) is 30.1 Å². The van der Waals surface area contributed by atoms with Crippen molar-refractivity contribution in [3.8, 4) is 0 Å². The van der Waals surface area contributed by atoms with Gasteiger partial charge >= 0.3 is 0 Å². The predicted molar refractivity (Wildman–Crippen MR) is 75.6 cm³/mol. The molecule has 1 amide bonds. The average Bonchev–Trinajstić information content (AvgIpc) is 2.41. The van der Waals surface area contributed by atoms with E-state index >= 15 is 0 Å². The molecule has 2 heterocycles. The molecular weight excluding hydrogens is 238 g/mol. The molecule has 4 nitrogen and oxygen atoms in total. The second-order valence-corrected chi connectivity index (χ2v) is 6.15. The molecule has 2 unspecified atom stereocenters. The van der Waals surface area contributed by atoms with Crippen molar-refractivity contribution >= 4 is 5.91 Å². The summed E-state index contributed by atoms with van der Waals surface area (Å²) < 4.78 is 0. The molecule has 4 heteroatoms. The highest BCUT2D eigenvalue weighted by Crippen LogP contribution is 2.29. The summed E-state index contributed by atoms with van der Waals surface area (Å²) in [7, 11) is 0. The van der Waals surface area contributed by atoms with Crippen LogP contribution in [0.1, 0.15) is 38.7 Å². The highest BCUT2D eigenvalue weighted by molar-refractivity contribution is 5.83. The van der Waals surface area contributed by atoms with Crippen molar-refractivity contribution in [2.45, 2.75) is 39.2 Å². The number of nitrogens with two attached hydrogens (primary N) is 1. The minimum atomic E-state index is -0.140. The first-order chi connectivity index (χ1) is 8.92. The fraction of sp³-hybridized carbons (Fsp3) is 0.600. The van der Waals surface area contributed by atoms with Crippen molar-refractivity contribution in [2.75, 3.05) is 13.1 Å². The fourth-order valence-corrected chi connectivity index (χ4v) is 2.61. The van der Waals surface area contributed by atoms with Gasteiger partial charge in [-0.2, -0.15) is 0 Å². The zero-order valence-corrected chi connectivity index (χ0v) is 12.0. The summed E-state index contributed by atoms with van der Waals surface area (Å²) in [5.41, 5.74) is 7.08. The number of piperidine rings is 1. The lowest BCUT2D eigenvalue weighted by atomic mass is 9.79. The maximum atomic E-state index is 12.6. The first-order valence-corrected chi connectivity index (χ1v) is 6.86. The molecule has 1 saturated heterocycles. The van der Waals surface area contributed by atoms with E-state index in [4.69, 9.17) is 5.73 Å². The zero-order valence-electron chi connectivity index (χ0n) is 12.0. The molecule has 0 aliphatic carbocycles. The number of aromatic nitrogens is 1. The second-order valence-electron chi connectivity index (χ2n) is 6.15. The van der Waals surface area contributed by atoms with Gasteiger partial charge in [0.05, 0.1) is 5.92 Å². The molecule has 19 heavy (non-hydrogen) atoms. The van der Waals surface area contributed by atoms with E-state index in [1.54, 1.807) is 12.4 Å². The van der Waals surface area contributed by atoms with Gasteiger partial charge in [-0.15, -0.1) is 0 Å². The van der Waals surface area contributed by atoms with Gasteiger partial charge < -0.3 is 10.6 Å². The maximum Gasteiger partial charge on any atom is 0.229 e. The quantitative estimate of drug-likeness (QED) is 0.882. The SMILES string of the molecule is CC(C(=O)N1CCC(N)C(C)(C)C1)c1cccnc1. The maximum absolute atomic E-state index is 12.6. The molecule has 1 aromatic heterocycles. The lowest BCUT2D eigenvalue weighted by molar-refractivity contribution is -0.135. The van der Waals surface area contributed by atoms with Gasteiger partial charge in [-0.1, -0.05) is 19.9 Å². The largest absolute Gasteiger partial charge is 0.342 e. The molecule has 1 aliphatic heterocycles. The number of likely N-dealkylation sites (tertiary alicyclic amines) is 1. The van der Waals surface area contributed by atoms with Crippen LogP contribution in [0.15, 0.2) is 24.5 Å². The molecule has 1 fully saturated rings. The highest BCUT2D eigenvalue weighted by Gasteiger charge is 2.36. The minimum Gasteiger partial charge on any atom is -0.342 e. The van der Waals surface area contributed by atoms with Crippen LogP contribution in [0.2, 0.25) is 0 Å². The lowest BCUT2D eigenvalue weighted by Crippen LogP contribution is -2.54. The van der Waals surface area contributed by atoms with E-state index in [2.05, 4.69) is 18.8 Å². The Morgan fingerprint density at radius 2 is 2.32 bits per heavy atom. The number of amides is 1. The molecule has 2 atom stereocenters. The molecule has 0 aromatic carbocycles. The molecular formula is C15H23N3O. The van der Waals surface area contributed by atoms with E-state index in [-0.39, 0.29) is 23.3 Å². The van der Waals surface area contributed by atoms with Gasteiger partial charge in [0.1, 0.15) is 0 Å². The van der Waals surface area contributed by atoms with Crippen LogP contribution in [0.25, 0.3) is 0 Å². The van der Waals surface area contributed by atoms with Crippen LogP contribution in [0.5, 0.6) is 0 Å². The van der Waals surface area contributed by atoms with Crippen molar-refractivity contribution in [3.63, 3.8) is 0 Å². The third-order valence-corrected chi connectivity index (χ3v) is 4.18. The first-order valence-electron chi connectivity index (χ1n) is 6.86. The van der Waals surface area contributed by atoms with Crippen LogP contribution in [0.4, 0.5) is 0 Å². The van der Waals surface area contributed by atoms with Crippen molar-refractivity contribution in [1.82, 2.24) is 9.88 Å². The second kappa shape index (κ2) is 5.29. The third kappa shape index (κ3) is 2.95. The van der Waals surface area contributed by atoms with E-state index in [1.807, 2.05) is 24.0 Å². The first kappa shape index (κ1) is 14.0. The van der Waals surface area contributed by atoms with Crippen LogP contribution in [-0.2, 0) is 4.79 Å². The third-order valence-electron chi connectivity index (χ3n) is 4.18. The number of rotatable bonds is 2. The zero-order chi connectivity index (χ0) is 14.0. The highest BCUT2D eigenvalue weighted by atomic mass is 16.2. The van der Waals surface area contributed by atoms with Crippen LogP contribution in [0.3, 0.4) is 0 Å². The molecule has 2 N–H and O–H groups in total. The van der Waals surface area contributed by atoms with Gasteiger partial charge in [0.25, 0.3) is 0 Å². The molecule has 2 rings (SSSR count). The number of hydrogen-bond donors (Lipinski definition) is 1. The average molecular weight is 261 g/mol. The number of hydrogen-bond acceptors (Lipinski definition) is 3. The number of carbonyl (C=O) groups is 1. The van der Waals surface area contributed by atoms with E-state index < -0.39 is 0 Å². The standard InChI is InChI=1S/C15H23N3O/c1-11(12-5-4-7-17-9-12)14(19)18-8-6-13(16)15(2,3)10-18/h4-5,7,9,11,13H,6,8,10,16H2,1-3H3. The molecule has 0 spiro atoms.